The summed E-state index contributed by atoms with van der Waals surface area (Å²) in [5.41, 5.74) is 1.47. The van der Waals surface area contributed by atoms with Crippen LogP contribution in [0.2, 0.25) is 0 Å². The van der Waals surface area contributed by atoms with Crippen LogP contribution in [-0.2, 0) is 0 Å². The van der Waals surface area contributed by atoms with Crippen molar-refractivity contribution in [3.8, 4) is 0 Å². The van der Waals surface area contributed by atoms with Crippen LogP contribution in [0, 0.1) is 0 Å². The second kappa shape index (κ2) is 2.84. The van der Waals surface area contributed by atoms with E-state index in [2.05, 4.69) is 21.1 Å². The first-order chi connectivity index (χ1) is 6.45. The number of aromatic nitrogens is 2. The number of hydrogen-bond acceptors (Lipinski definition) is 2. The Bertz CT molecular complexity index is 295. The molecular weight excluding hydrogens is 162 g/mol. The zero-order chi connectivity index (χ0) is 8.67. The maximum absolute atomic E-state index is 4.26. The average Bonchev–Trinajstić information content (AvgIpc) is 2.72. The van der Waals surface area contributed by atoms with E-state index in [4.69, 9.17) is 0 Å². The number of hydrogen-bond donors (Lipinski definition) is 1. The fourth-order valence-corrected chi connectivity index (χ4v) is 2.19. The first kappa shape index (κ1) is 7.56. The van der Waals surface area contributed by atoms with Crippen LogP contribution in [0.1, 0.15) is 36.9 Å². The van der Waals surface area contributed by atoms with Gasteiger partial charge in [-0.05, 0) is 25.8 Å². The summed E-state index contributed by atoms with van der Waals surface area (Å²) in [6, 6.07) is 0.665. The van der Waals surface area contributed by atoms with Gasteiger partial charge >= 0.3 is 0 Å². The van der Waals surface area contributed by atoms with Crippen molar-refractivity contribution in [1.82, 2.24) is 14.9 Å². The largest absolute Gasteiger partial charge is 0.330 e. The molecule has 0 amide bonds. The first-order valence-electron chi connectivity index (χ1n) is 5.17. The van der Waals surface area contributed by atoms with Crippen molar-refractivity contribution in [2.24, 2.45) is 0 Å². The summed E-state index contributed by atoms with van der Waals surface area (Å²) in [6.07, 6.45) is 8.05. The molecule has 0 aromatic carbocycles. The van der Waals surface area contributed by atoms with Gasteiger partial charge in [-0.3, -0.25) is 0 Å². The van der Waals surface area contributed by atoms with Crippen molar-refractivity contribution in [2.75, 3.05) is 13.1 Å². The third kappa shape index (κ3) is 1.27. The molecule has 3 rings (SSSR count). The topological polar surface area (TPSA) is 29.9 Å². The van der Waals surface area contributed by atoms with Gasteiger partial charge in [-0.2, -0.15) is 0 Å². The molecule has 3 heteroatoms. The van der Waals surface area contributed by atoms with Crippen LogP contribution in [0.4, 0.5) is 0 Å². The molecule has 1 atom stereocenters. The summed E-state index contributed by atoms with van der Waals surface area (Å²) in [5.74, 6) is 0.822. The molecule has 3 nitrogen and oxygen atoms in total. The Hall–Kier alpha value is -0.830. The van der Waals surface area contributed by atoms with Gasteiger partial charge in [0, 0.05) is 30.4 Å². The monoisotopic (exact) mass is 177 g/mol. The Kier molecular flexibility index (Phi) is 1.65. The molecule has 0 bridgehead atoms. The highest BCUT2D eigenvalue weighted by molar-refractivity contribution is 5.14. The van der Waals surface area contributed by atoms with Gasteiger partial charge in [0.15, 0.2) is 0 Å². The van der Waals surface area contributed by atoms with Gasteiger partial charge in [0.25, 0.3) is 0 Å². The predicted octanol–water partition coefficient (Wildman–Crippen LogP) is 1.29. The number of imidazole rings is 1. The molecule has 70 valence electrons. The molecule has 1 saturated carbocycles. The summed E-state index contributed by atoms with van der Waals surface area (Å²) in [4.78, 5) is 4.26. The first-order valence-corrected chi connectivity index (χ1v) is 5.17. The highest BCUT2D eigenvalue weighted by Gasteiger charge is 2.29. The maximum atomic E-state index is 4.26. The molecule has 2 fully saturated rings. The van der Waals surface area contributed by atoms with Crippen LogP contribution in [0.3, 0.4) is 0 Å². The second-order valence-electron chi connectivity index (χ2n) is 4.15. The van der Waals surface area contributed by atoms with Crippen LogP contribution in [0.15, 0.2) is 12.5 Å². The van der Waals surface area contributed by atoms with Gasteiger partial charge in [-0.25, -0.2) is 4.98 Å². The van der Waals surface area contributed by atoms with E-state index >= 15 is 0 Å². The van der Waals surface area contributed by atoms with E-state index in [1.807, 2.05) is 6.33 Å². The van der Waals surface area contributed by atoms with Gasteiger partial charge in [-0.15, -0.1) is 0 Å². The summed E-state index contributed by atoms with van der Waals surface area (Å²) in [5, 5.41) is 3.40. The fourth-order valence-electron chi connectivity index (χ4n) is 2.19. The van der Waals surface area contributed by atoms with Crippen molar-refractivity contribution in [2.45, 2.75) is 31.2 Å². The van der Waals surface area contributed by atoms with Gasteiger partial charge in [0.2, 0.25) is 0 Å². The lowest BCUT2D eigenvalue weighted by Gasteiger charge is -2.13. The van der Waals surface area contributed by atoms with E-state index in [1.165, 1.54) is 25.0 Å². The van der Waals surface area contributed by atoms with Crippen molar-refractivity contribution in [1.29, 1.82) is 0 Å². The SMILES string of the molecule is c1ncn(C2CCNC2)c1C1CC1. The minimum Gasteiger partial charge on any atom is -0.330 e. The lowest BCUT2D eigenvalue weighted by molar-refractivity contribution is 0.527. The summed E-state index contributed by atoms with van der Waals surface area (Å²) < 4.78 is 2.39. The van der Waals surface area contributed by atoms with E-state index in [9.17, 15) is 0 Å². The van der Waals surface area contributed by atoms with E-state index in [0.29, 0.717) is 6.04 Å². The van der Waals surface area contributed by atoms with Crippen molar-refractivity contribution in [3.05, 3.63) is 18.2 Å². The molecule has 0 radical (unpaired) electrons. The van der Waals surface area contributed by atoms with E-state index in [1.54, 1.807) is 0 Å². The highest BCUT2D eigenvalue weighted by Crippen LogP contribution is 2.41. The molecule has 13 heavy (non-hydrogen) atoms. The van der Waals surface area contributed by atoms with Crippen molar-refractivity contribution >= 4 is 0 Å². The normalized spacial score (nSPS) is 28.2. The Balaban J connectivity index is 1.88. The van der Waals surface area contributed by atoms with Crippen molar-refractivity contribution in [3.63, 3.8) is 0 Å². The van der Waals surface area contributed by atoms with Crippen LogP contribution in [-0.4, -0.2) is 22.6 Å². The maximum Gasteiger partial charge on any atom is 0.0951 e. The molecule has 0 spiro atoms. The van der Waals surface area contributed by atoms with Gasteiger partial charge in [0.05, 0.1) is 6.33 Å². The summed E-state index contributed by atoms with van der Waals surface area (Å²) in [7, 11) is 0. The zero-order valence-corrected chi connectivity index (χ0v) is 7.74. The molecule has 1 aromatic rings. The molecule has 1 unspecified atom stereocenters. The molecule has 2 aliphatic rings. The number of nitrogens with one attached hydrogen (secondary N) is 1. The zero-order valence-electron chi connectivity index (χ0n) is 7.74. The Morgan fingerprint density at radius 3 is 3.00 bits per heavy atom. The molecule has 1 aliphatic carbocycles. The van der Waals surface area contributed by atoms with E-state index in [-0.39, 0.29) is 0 Å². The summed E-state index contributed by atoms with van der Waals surface area (Å²) >= 11 is 0. The third-order valence-corrected chi connectivity index (χ3v) is 3.12. The third-order valence-electron chi connectivity index (χ3n) is 3.12. The smallest absolute Gasteiger partial charge is 0.0951 e. The minimum atomic E-state index is 0.665. The summed E-state index contributed by atoms with van der Waals surface area (Å²) in [6.45, 7) is 2.28. The van der Waals surface area contributed by atoms with Gasteiger partial charge in [0.1, 0.15) is 0 Å². The van der Waals surface area contributed by atoms with Gasteiger partial charge < -0.3 is 9.88 Å². The second-order valence-corrected chi connectivity index (χ2v) is 4.15. The molecule has 1 N–H and O–H groups in total. The van der Waals surface area contributed by atoms with Crippen molar-refractivity contribution < 1.29 is 0 Å². The molecule has 1 aliphatic heterocycles. The fraction of sp³-hybridized carbons (Fsp3) is 0.700. The minimum absolute atomic E-state index is 0.665. The number of rotatable bonds is 2. The van der Waals surface area contributed by atoms with Gasteiger partial charge in [-0.1, -0.05) is 0 Å². The average molecular weight is 177 g/mol. The predicted molar refractivity (Wildman–Crippen MR) is 50.7 cm³/mol. The Morgan fingerprint density at radius 2 is 2.31 bits per heavy atom. The molecule has 2 heterocycles. The van der Waals surface area contributed by atoms with Crippen LogP contribution in [0.25, 0.3) is 0 Å². The van der Waals surface area contributed by atoms with E-state index < -0.39 is 0 Å². The highest BCUT2D eigenvalue weighted by atomic mass is 15.1. The lowest BCUT2D eigenvalue weighted by Crippen LogP contribution is -2.14. The molecule has 1 saturated heterocycles. The molecular formula is C10H15N3. The van der Waals surface area contributed by atoms with Crippen LogP contribution < -0.4 is 5.32 Å². The standard InChI is InChI=1S/C10H15N3/c1-2-8(1)10-6-12-7-13(10)9-3-4-11-5-9/h6-9,11H,1-5H2. The Morgan fingerprint density at radius 1 is 1.38 bits per heavy atom. The van der Waals surface area contributed by atoms with Crippen LogP contribution in [0.5, 0.6) is 0 Å². The van der Waals surface area contributed by atoms with E-state index in [0.717, 1.165) is 19.0 Å². The Labute approximate surface area is 78.2 Å². The lowest BCUT2D eigenvalue weighted by atomic mass is 10.2. The quantitative estimate of drug-likeness (QED) is 0.737. The molecule has 1 aromatic heterocycles. The van der Waals surface area contributed by atoms with Crippen LogP contribution >= 0.6 is 0 Å². The number of nitrogens with zero attached hydrogens (tertiary/aromatic N) is 2.